The van der Waals surface area contributed by atoms with Crippen LogP contribution in [0.3, 0.4) is 0 Å². The molecule has 2 rings (SSSR count). The van der Waals surface area contributed by atoms with E-state index in [1.165, 1.54) is 10.5 Å². The molecule has 0 amide bonds. The minimum Gasteiger partial charge on any atom is -0.313 e. The fraction of sp³-hybridized carbons (Fsp3) is 0.500. The van der Waals surface area contributed by atoms with Gasteiger partial charge in [-0.1, -0.05) is 6.92 Å². The summed E-state index contributed by atoms with van der Waals surface area (Å²) in [6.45, 7) is 3.76. The Bertz CT molecular complexity index is 502. The van der Waals surface area contributed by atoms with E-state index in [0.717, 1.165) is 0 Å². The van der Waals surface area contributed by atoms with Crippen molar-refractivity contribution in [2.45, 2.75) is 17.9 Å². The molecular weight excluding hydrogens is 306 g/mol. The largest absolute Gasteiger partial charge is 0.313 e. The third-order valence-electron chi connectivity index (χ3n) is 2.77. The maximum Gasteiger partial charge on any atom is 0.244 e. The smallest absolute Gasteiger partial charge is 0.244 e. The number of hydrogen-bond donors (Lipinski definition) is 1. The second-order valence-corrected chi connectivity index (χ2v) is 6.67. The maximum absolute atomic E-state index is 12.4. The number of halogens is 1. The van der Waals surface area contributed by atoms with E-state index >= 15 is 0 Å². The van der Waals surface area contributed by atoms with Crippen LogP contribution in [-0.4, -0.2) is 43.4 Å². The Hall–Kier alpha value is -0.500. The van der Waals surface area contributed by atoms with Crippen LogP contribution in [-0.2, 0) is 10.0 Å². The lowest BCUT2D eigenvalue weighted by molar-refractivity contribution is 0.249. The summed E-state index contributed by atoms with van der Waals surface area (Å²) in [5.41, 5.74) is 0. The lowest BCUT2D eigenvalue weighted by Gasteiger charge is -2.36. The van der Waals surface area contributed by atoms with Crippen LogP contribution in [0.4, 0.5) is 0 Å². The van der Waals surface area contributed by atoms with Crippen molar-refractivity contribution in [3.63, 3.8) is 0 Å². The molecule has 17 heavy (non-hydrogen) atoms. The summed E-state index contributed by atoms with van der Waals surface area (Å²) in [6.07, 6.45) is 2.95. The lowest BCUT2D eigenvalue weighted by Crippen LogP contribution is -2.58. The molecular formula is C10H14BrN3O2S. The molecule has 0 atom stereocenters. The molecule has 7 heteroatoms. The van der Waals surface area contributed by atoms with Crippen LogP contribution in [0.2, 0.25) is 0 Å². The molecule has 0 radical (unpaired) electrons. The Morgan fingerprint density at radius 3 is 2.71 bits per heavy atom. The van der Waals surface area contributed by atoms with Gasteiger partial charge < -0.3 is 5.32 Å². The highest BCUT2D eigenvalue weighted by Crippen LogP contribution is 2.21. The van der Waals surface area contributed by atoms with Crippen molar-refractivity contribution in [1.29, 1.82) is 0 Å². The first-order chi connectivity index (χ1) is 8.05. The molecule has 1 fully saturated rings. The van der Waals surface area contributed by atoms with Gasteiger partial charge in [-0.15, -0.1) is 0 Å². The van der Waals surface area contributed by atoms with Gasteiger partial charge in [-0.05, 0) is 22.0 Å². The highest BCUT2D eigenvalue weighted by atomic mass is 79.9. The lowest BCUT2D eigenvalue weighted by atomic mass is 10.2. The Morgan fingerprint density at radius 1 is 1.53 bits per heavy atom. The first kappa shape index (κ1) is 12.9. The van der Waals surface area contributed by atoms with E-state index in [1.54, 1.807) is 12.3 Å². The zero-order chi connectivity index (χ0) is 12.5. The zero-order valence-corrected chi connectivity index (χ0v) is 11.8. The van der Waals surface area contributed by atoms with Crippen LogP contribution >= 0.6 is 15.9 Å². The van der Waals surface area contributed by atoms with Crippen molar-refractivity contribution in [1.82, 2.24) is 14.6 Å². The van der Waals surface area contributed by atoms with Gasteiger partial charge in [0, 0.05) is 36.5 Å². The minimum atomic E-state index is -3.43. The van der Waals surface area contributed by atoms with Crippen LogP contribution in [0.5, 0.6) is 0 Å². The van der Waals surface area contributed by atoms with Crippen LogP contribution in [0.15, 0.2) is 27.8 Å². The molecule has 1 aliphatic heterocycles. The number of aromatic nitrogens is 1. The van der Waals surface area contributed by atoms with Gasteiger partial charge in [-0.25, -0.2) is 8.42 Å². The van der Waals surface area contributed by atoms with Crippen molar-refractivity contribution in [3.05, 3.63) is 22.9 Å². The molecule has 2 heterocycles. The van der Waals surface area contributed by atoms with Gasteiger partial charge in [0.25, 0.3) is 0 Å². The van der Waals surface area contributed by atoms with Gasteiger partial charge >= 0.3 is 0 Å². The Labute approximate surface area is 109 Å². The first-order valence-electron chi connectivity index (χ1n) is 5.39. The molecule has 1 saturated heterocycles. The number of nitrogens with one attached hydrogen (secondary N) is 1. The number of hydrogen-bond acceptors (Lipinski definition) is 4. The minimum absolute atomic E-state index is 0.0592. The van der Waals surface area contributed by atoms with Gasteiger partial charge in [0.1, 0.15) is 4.90 Å². The quantitative estimate of drug-likeness (QED) is 0.892. The highest BCUT2D eigenvalue weighted by Gasteiger charge is 2.33. The average molecular weight is 320 g/mol. The molecule has 5 nitrogen and oxygen atoms in total. The van der Waals surface area contributed by atoms with Crippen molar-refractivity contribution in [2.75, 3.05) is 19.6 Å². The summed E-state index contributed by atoms with van der Waals surface area (Å²) < 4.78 is 27.0. The van der Waals surface area contributed by atoms with Crippen LogP contribution in [0.25, 0.3) is 0 Å². The molecule has 1 aromatic rings. The zero-order valence-electron chi connectivity index (χ0n) is 9.43. The van der Waals surface area contributed by atoms with Crippen molar-refractivity contribution in [2.24, 2.45) is 0 Å². The summed E-state index contributed by atoms with van der Waals surface area (Å²) >= 11 is 3.24. The monoisotopic (exact) mass is 319 g/mol. The number of likely N-dealkylation sites (N-methyl/N-ethyl adjacent to an activating group) is 1. The summed E-state index contributed by atoms with van der Waals surface area (Å²) in [6, 6.07) is 1.64. The molecule has 0 unspecified atom stereocenters. The standard InChI is InChI=1S/C10H14BrN3O2S/c1-2-14(9-5-13-6-9)17(15,16)10-3-8(11)4-12-7-10/h3-4,7,9,13H,2,5-6H2,1H3. The molecule has 0 saturated carbocycles. The van der Waals surface area contributed by atoms with Crippen LogP contribution in [0.1, 0.15) is 6.92 Å². The van der Waals surface area contributed by atoms with E-state index in [0.29, 0.717) is 24.1 Å². The molecule has 0 spiro atoms. The summed E-state index contributed by atoms with van der Waals surface area (Å²) in [5, 5.41) is 3.08. The van der Waals surface area contributed by atoms with E-state index in [9.17, 15) is 8.42 Å². The van der Waals surface area contributed by atoms with Crippen molar-refractivity contribution < 1.29 is 8.42 Å². The summed E-state index contributed by atoms with van der Waals surface area (Å²) in [5.74, 6) is 0. The Morgan fingerprint density at radius 2 is 2.24 bits per heavy atom. The molecule has 0 aromatic carbocycles. The molecule has 1 aromatic heterocycles. The second kappa shape index (κ2) is 5.01. The number of pyridine rings is 1. The molecule has 94 valence electrons. The molecule has 0 bridgehead atoms. The van der Waals surface area contributed by atoms with E-state index in [4.69, 9.17) is 0 Å². The molecule has 1 N–H and O–H groups in total. The van der Waals surface area contributed by atoms with Crippen molar-refractivity contribution >= 4 is 26.0 Å². The van der Waals surface area contributed by atoms with Gasteiger partial charge in [-0.3, -0.25) is 4.98 Å². The SMILES string of the molecule is CCN(C1CNC1)S(=O)(=O)c1cncc(Br)c1. The normalized spacial score (nSPS) is 17.1. The van der Waals surface area contributed by atoms with E-state index < -0.39 is 10.0 Å². The number of nitrogens with zero attached hydrogens (tertiary/aromatic N) is 2. The predicted molar refractivity (Wildman–Crippen MR) is 68.2 cm³/mol. The molecule has 0 aliphatic carbocycles. The Kier molecular flexibility index (Phi) is 3.82. The van der Waals surface area contributed by atoms with Crippen LogP contribution in [0, 0.1) is 0 Å². The summed E-state index contributed by atoms with van der Waals surface area (Å²) in [4.78, 5) is 4.14. The summed E-state index contributed by atoms with van der Waals surface area (Å²) in [7, 11) is -3.43. The number of sulfonamides is 1. The maximum atomic E-state index is 12.4. The first-order valence-corrected chi connectivity index (χ1v) is 7.62. The topological polar surface area (TPSA) is 62.3 Å². The fourth-order valence-electron chi connectivity index (χ4n) is 1.77. The van der Waals surface area contributed by atoms with Crippen molar-refractivity contribution in [3.8, 4) is 0 Å². The second-order valence-electron chi connectivity index (χ2n) is 3.86. The average Bonchev–Trinajstić information content (AvgIpc) is 2.22. The van der Waals surface area contributed by atoms with Gasteiger partial charge in [0.2, 0.25) is 10.0 Å². The number of rotatable bonds is 4. The highest BCUT2D eigenvalue weighted by molar-refractivity contribution is 9.10. The molecule has 1 aliphatic rings. The van der Waals surface area contributed by atoms with E-state index in [-0.39, 0.29) is 10.9 Å². The fourth-order valence-corrected chi connectivity index (χ4v) is 3.91. The van der Waals surface area contributed by atoms with Gasteiger partial charge in [-0.2, -0.15) is 4.31 Å². The predicted octanol–water partition coefficient (Wildman–Crippen LogP) is 0.827. The van der Waals surface area contributed by atoms with Gasteiger partial charge in [0.15, 0.2) is 0 Å². The van der Waals surface area contributed by atoms with E-state index in [2.05, 4.69) is 26.2 Å². The third-order valence-corrected chi connectivity index (χ3v) is 5.19. The van der Waals surface area contributed by atoms with E-state index in [1.807, 2.05) is 6.92 Å². The third kappa shape index (κ3) is 2.52. The Balaban J connectivity index is 2.34. The van der Waals surface area contributed by atoms with Crippen LogP contribution < -0.4 is 5.32 Å². The van der Waals surface area contributed by atoms with Gasteiger partial charge in [0.05, 0.1) is 6.04 Å².